The Kier molecular flexibility index (Phi) is 5.19. The van der Waals surface area contributed by atoms with Crippen molar-refractivity contribution in [3.8, 4) is 22.0 Å². The lowest BCUT2D eigenvalue weighted by atomic mass is 10.2. The highest BCUT2D eigenvalue weighted by molar-refractivity contribution is 7.98. The zero-order valence-electron chi connectivity index (χ0n) is 16.3. The van der Waals surface area contributed by atoms with Crippen molar-refractivity contribution in [1.82, 2.24) is 24.9 Å². The fourth-order valence-electron chi connectivity index (χ4n) is 3.27. The normalized spacial score (nSPS) is 14.4. The second-order valence-electron chi connectivity index (χ2n) is 6.70. The summed E-state index contributed by atoms with van der Waals surface area (Å²) in [6, 6.07) is 8.38. The van der Waals surface area contributed by atoms with E-state index >= 15 is 0 Å². The summed E-state index contributed by atoms with van der Waals surface area (Å²) >= 11 is 3.28. The lowest BCUT2D eigenvalue weighted by molar-refractivity contribution is 0.122. The molecule has 0 spiro atoms. The van der Waals surface area contributed by atoms with Crippen LogP contribution in [0.4, 0.5) is 11.8 Å². The van der Waals surface area contributed by atoms with Crippen molar-refractivity contribution in [2.75, 3.05) is 43.2 Å². The van der Waals surface area contributed by atoms with Crippen LogP contribution < -0.4 is 10.6 Å². The van der Waals surface area contributed by atoms with Gasteiger partial charge in [-0.05, 0) is 18.4 Å². The van der Waals surface area contributed by atoms with Gasteiger partial charge in [0, 0.05) is 35.9 Å². The highest BCUT2D eigenvalue weighted by Gasteiger charge is 2.22. The van der Waals surface area contributed by atoms with Gasteiger partial charge in [0.2, 0.25) is 5.95 Å². The van der Waals surface area contributed by atoms with E-state index < -0.39 is 0 Å². The van der Waals surface area contributed by atoms with Gasteiger partial charge < -0.3 is 15.4 Å². The summed E-state index contributed by atoms with van der Waals surface area (Å²) < 4.78 is 5.52. The van der Waals surface area contributed by atoms with Crippen LogP contribution in [-0.2, 0) is 4.74 Å². The summed E-state index contributed by atoms with van der Waals surface area (Å²) in [4.78, 5) is 27.0. The fourth-order valence-corrected chi connectivity index (χ4v) is 4.66. The van der Waals surface area contributed by atoms with Crippen LogP contribution in [0, 0.1) is 0 Å². The number of thioether (sulfide) groups is 1. The second kappa shape index (κ2) is 8.13. The molecule has 0 amide bonds. The summed E-state index contributed by atoms with van der Waals surface area (Å²) in [5.74, 6) is 1.61. The van der Waals surface area contributed by atoms with Crippen LogP contribution in [0.1, 0.15) is 0 Å². The topological polar surface area (TPSA) is 103 Å². The molecule has 0 atom stereocenters. The highest BCUT2D eigenvalue weighted by Crippen LogP contribution is 2.36. The van der Waals surface area contributed by atoms with Crippen LogP contribution >= 0.6 is 23.1 Å². The molecule has 10 heteroatoms. The molecule has 1 aliphatic heterocycles. The van der Waals surface area contributed by atoms with Gasteiger partial charge in [-0.25, -0.2) is 24.9 Å². The van der Waals surface area contributed by atoms with Crippen molar-refractivity contribution in [3.63, 3.8) is 0 Å². The van der Waals surface area contributed by atoms with E-state index in [2.05, 4.69) is 45.4 Å². The Balaban J connectivity index is 1.67. The number of anilines is 2. The molecule has 0 radical (unpaired) electrons. The molecule has 1 aliphatic rings. The molecule has 1 fully saturated rings. The number of hydrogen-bond donors (Lipinski definition) is 1. The van der Waals surface area contributed by atoms with Gasteiger partial charge in [0.25, 0.3) is 0 Å². The Hall–Kier alpha value is -2.82. The minimum atomic E-state index is 0.224. The van der Waals surface area contributed by atoms with Crippen LogP contribution in [0.5, 0.6) is 0 Å². The first-order chi connectivity index (χ1) is 14.7. The van der Waals surface area contributed by atoms with Crippen molar-refractivity contribution in [3.05, 3.63) is 36.7 Å². The number of thiazole rings is 1. The maximum atomic E-state index is 5.64. The van der Waals surface area contributed by atoms with E-state index in [4.69, 9.17) is 25.4 Å². The molecule has 0 unspecified atom stereocenters. The number of ether oxygens (including phenoxy) is 1. The summed E-state index contributed by atoms with van der Waals surface area (Å²) in [5.41, 5.74) is 8.25. The van der Waals surface area contributed by atoms with Gasteiger partial charge in [-0.15, -0.1) is 11.8 Å². The van der Waals surface area contributed by atoms with E-state index in [9.17, 15) is 0 Å². The minimum absolute atomic E-state index is 0.224. The standard InChI is InChI=1S/C20H19N7OS2/c1-29-14-4-2-3-12(9-14)18-24-15-17(27-5-7-28-8-6-27)25-16(26-19(15)30-18)13-10-22-20(21)23-11-13/h2-4,9-11H,5-8H2,1H3,(H2,21,22,23). The quantitative estimate of drug-likeness (QED) is 0.481. The van der Waals surface area contributed by atoms with E-state index in [0.29, 0.717) is 19.0 Å². The number of fused-ring (bicyclic) bond motifs is 1. The predicted octanol–water partition coefficient (Wildman–Crippen LogP) is 3.35. The SMILES string of the molecule is CSc1cccc(-c2nc3c(N4CCOCC4)nc(-c4cnc(N)nc4)nc3s2)c1. The zero-order valence-corrected chi connectivity index (χ0v) is 17.9. The Morgan fingerprint density at radius 1 is 1.07 bits per heavy atom. The molecule has 0 bridgehead atoms. The number of benzene rings is 1. The van der Waals surface area contributed by atoms with Crippen LogP contribution in [0.15, 0.2) is 41.6 Å². The van der Waals surface area contributed by atoms with Gasteiger partial charge in [0.15, 0.2) is 11.6 Å². The Morgan fingerprint density at radius 3 is 2.63 bits per heavy atom. The van der Waals surface area contributed by atoms with Crippen LogP contribution in [0.2, 0.25) is 0 Å². The molecule has 1 saturated heterocycles. The number of nitrogens with two attached hydrogens (primary N) is 1. The highest BCUT2D eigenvalue weighted by atomic mass is 32.2. The lowest BCUT2D eigenvalue weighted by Gasteiger charge is -2.28. The second-order valence-corrected chi connectivity index (χ2v) is 8.56. The van der Waals surface area contributed by atoms with Gasteiger partial charge >= 0.3 is 0 Å². The first-order valence-corrected chi connectivity index (χ1v) is 11.5. The van der Waals surface area contributed by atoms with Crippen LogP contribution in [-0.4, -0.2) is 57.5 Å². The smallest absolute Gasteiger partial charge is 0.219 e. The summed E-state index contributed by atoms with van der Waals surface area (Å²) in [7, 11) is 0. The molecule has 8 nitrogen and oxygen atoms in total. The van der Waals surface area contributed by atoms with Crippen molar-refractivity contribution in [2.24, 2.45) is 0 Å². The molecule has 5 rings (SSSR count). The first kappa shape index (κ1) is 19.2. The van der Waals surface area contributed by atoms with E-state index in [1.807, 2.05) is 0 Å². The third-order valence-corrected chi connectivity index (χ3v) is 6.52. The summed E-state index contributed by atoms with van der Waals surface area (Å²) in [5, 5.41) is 0.926. The number of morpholine rings is 1. The van der Waals surface area contributed by atoms with Crippen LogP contribution in [0.25, 0.3) is 32.3 Å². The molecule has 0 aliphatic carbocycles. The molecule has 3 aromatic heterocycles. The fraction of sp³-hybridized carbons (Fsp3) is 0.250. The summed E-state index contributed by atoms with van der Waals surface area (Å²) in [6.45, 7) is 2.86. The summed E-state index contributed by atoms with van der Waals surface area (Å²) in [6.07, 6.45) is 5.37. The molecule has 0 saturated carbocycles. The number of aromatic nitrogens is 5. The number of rotatable bonds is 4. The van der Waals surface area contributed by atoms with Crippen molar-refractivity contribution in [1.29, 1.82) is 0 Å². The molecular formula is C20H19N7OS2. The minimum Gasteiger partial charge on any atom is -0.378 e. The van der Waals surface area contributed by atoms with Crippen LogP contribution in [0.3, 0.4) is 0 Å². The maximum absolute atomic E-state index is 5.64. The Labute approximate surface area is 181 Å². The third-order valence-electron chi connectivity index (χ3n) is 4.80. The van der Waals surface area contributed by atoms with Crippen molar-refractivity contribution >= 4 is 45.2 Å². The number of nitrogen functional groups attached to an aromatic ring is 1. The third kappa shape index (κ3) is 3.69. The van der Waals surface area contributed by atoms with Gasteiger partial charge in [-0.1, -0.05) is 23.5 Å². The monoisotopic (exact) mass is 437 g/mol. The lowest BCUT2D eigenvalue weighted by Crippen LogP contribution is -2.37. The zero-order chi connectivity index (χ0) is 20.5. The van der Waals surface area contributed by atoms with E-state index in [-0.39, 0.29) is 5.95 Å². The van der Waals surface area contributed by atoms with Crippen molar-refractivity contribution < 1.29 is 4.74 Å². The first-order valence-electron chi connectivity index (χ1n) is 9.45. The Morgan fingerprint density at radius 2 is 1.87 bits per heavy atom. The molecule has 4 heterocycles. The molecule has 152 valence electrons. The van der Waals surface area contributed by atoms with E-state index in [1.165, 1.54) is 4.90 Å². The van der Waals surface area contributed by atoms with E-state index in [1.54, 1.807) is 35.5 Å². The van der Waals surface area contributed by atoms with Gasteiger partial charge in [0.05, 0.1) is 18.8 Å². The van der Waals surface area contributed by atoms with Gasteiger partial charge in [-0.3, -0.25) is 0 Å². The largest absolute Gasteiger partial charge is 0.378 e. The van der Waals surface area contributed by atoms with Crippen molar-refractivity contribution in [2.45, 2.75) is 4.90 Å². The average Bonchev–Trinajstić information content (AvgIpc) is 3.24. The molecule has 1 aromatic carbocycles. The molecule has 30 heavy (non-hydrogen) atoms. The molecule has 2 N–H and O–H groups in total. The maximum Gasteiger partial charge on any atom is 0.219 e. The Bertz CT molecular complexity index is 1190. The number of hydrogen-bond acceptors (Lipinski definition) is 10. The average molecular weight is 438 g/mol. The predicted molar refractivity (Wildman–Crippen MR) is 121 cm³/mol. The van der Waals surface area contributed by atoms with Gasteiger partial charge in [-0.2, -0.15) is 0 Å². The molecule has 4 aromatic rings. The van der Waals surface area contributed by atoms with E-state index in [0.717, 1.165) is 45.4 Å². The number of nitrogens with zero attached hydrogens (tertiary/aromatic N) is 6. The molecular weight excluding hydrogens is 418 g/mol. The van der Waals surface area contributed by atoms with Gasteiger partial charge in [0.1, 0.15) is 15.4 Å².